The molecule has 2 rings (SSSR count). The van der Waals surface area contributed by atoms with Crippen LogP contribution in [0, 0.1) is 0 Å². The van der Waals surface area contributed by atoms with Crippen LogP contribution in [0.3, 0.4) is 0 Å². The maximum absolute atomic E-state index is 12.0. The van der Waals surface area contributed by atoms with Crippen molar-refractivity contribution in [2.75, 3.05) is 26.2 Å². The fourth-order valence-corrected chi connectivity index (χ4v) is 2.64. The van der Waals surface area contributed by atoms with Crippen molar-refractivity contribution in [2.24, 2.45) is 0 Å². The smallest absolute Gasteiger partial charge is 0.410 e. The number of amides is 1. The lowest BCUT2D eigenvalue weighted by Gasteiger charge is -2.43. The maximum atomic E-state index is 12.0. The number of rotatable bonds is 2. The van der Waals surface area contributed by atoms with Gasteiger partial charge in [-0.25, -0.2) is 4.79 Å². The predicted molar refractivity (Wildman–Crippen MR) is 73.4 cm³/mol. The average Bonchev–Trinajstić information content (AvgIpc) is 2.32. The zero-order chi connectivity index (χ0) is 14.8. The van der Waals surface area contributed by atoms with Gasteiger partial charge < -0.3 is 14.8 Å². The molecule has 2 aliphatic rings. The molecule has 2 saturated heterocycles. The Balaban J connectivity index is 1.87. The summed E-state index contributed by atoms with van der Waals surface area (Å²) in [7, 11) is 0. The van der Waals surface area contributed by atoms with Gasteiger partial charge in [-0.05, 0) is 46.7 Å². The van der Waals surface area contributed by atoms with E-state index in [2.05, 4.69) is 5.32 Å². The van der Waals surface area contributed by atoms with E-state index >= 15 is 0 Å². The van der Waals surface area contributed by atoms with Gasteiger partial charge >= 0.3 is 12.1 Å². The summed E-state index contributed by atoms with van der Waals surface area (Å²) in [6, 6.07) is 0. The number of nitrogens with zero attached hydrogens (tertiary/aromatic N) is 1. The molecular weight excluding hydrogens is 260 g/mol. The Bertz CT molecular complexity index is 383. The van der Waals surface area contributed by atoms with Crippen LogP contribution >= 0.6 is 0 Å². The largest absolute Gasteiger partial charge is 0.459 e. The summed E-state index contributed by atoms with van der Waals surface area (Å²) in [5.41, 5.74) is -0.861. The number of ether oxygens (including phenoxy) is 2. The molecule has 20 heavy (non-hydrogen) atoms. The van der Waals surface area contributed by atoms with Crippen LogP contribution in [-0.4, -0.2) is 54.3 Å². The predicted octanol–water partition coefficient (Wildman–Crippen LogP) is 1.29. The summed E-state index contributed by atoms with van der Waals surface area (Å²) < 4.78 is 10.8. The molecule has 0 saturated carbocycles. The Morgan fingerprint density at radius 3 is 2.55 bits per heavy atom. The highest BCUT2D eigenvalue weighted by Gasteiger charge is 2.42. The molecule has 0 aromatic rings. The molecule has 0 unspecified atom stereocenters. The SMILES string of the molecule is CC(C)(C)OC(=O)CN1CCC2(CCNCC2)OC1=O. The highest BCUT2D eigenvalue weighted by molar-refractivity contribution is 5.78. The zero-order valence-electron chi connectivity index (χ0n) is 12.5. The molecule has 0 radical (unpaired) electrons. The van der Waals surface area contributed by atoms with Crippen molar-refractivity contribution in [3.8, 4) is 0 Å². The molecule has 6 heteroatoms. The second-order valence-corrected chi connectivity index (χ2v) is 6.56. The first-order valence-corrected chi connectivity index (χ1v) is 7.20. The quantitative estimate of drug-likeness (QED) is 0.774. The first-order valence-electron chi connectivity index (χ1n) is 7.20. The third-order valence-corrected chi connectivity index (χ3v) is 3.65. The van der Waals surface area contributed by atoms with Crippen molar-refractivity contribution < 1.29 is 19.1 Å². The lowest BCUT2D eigenvalue weighted by atomic mass is 9.87. The van der Waals surface area contributed by atoms with Gasteiger partial charge in [-0.15, -0.1) is 0 Å². The van der Waals surface area contributed by atoms with Gasteiger partial charge in [-0.1, -0.05) is 0 Å². The fraction of sp³-hybridized carbons (Fsp3) is 0.857. The Labute approximate surface area is 119 Å². The molecule has 0 aromatic heterocycles. The normalized spacial score (nSPS) is 22.6. The average molecular weight is 284 g/mol. The van der Waals surface area contributed by atoms with Gasteiger partial charge in [-0.3, -0.25) is 9.69 Å². The van der Waals surface area contributed by atoms with Crippen LogP contribution in [0.4, 0.5) is 4.79 Å². The molecule has 6 nitrogen and oxygen atoms in total. The van der Waals surface area contributed by atoms with Crippen molar-refractivity contribution in [3.63, 3.8) is 0 Å². The zero-order valence-corrected chi connectivity index (χ0v) is 12.5. The van der Waals surface area contributed by atoms with Crippen molar-refractivity contribution in [2.45, 2.75) is 51.2 Å². The summed E-state index contributed by atoms with van der Waals surface area (Å²) in [5.74, 6) is -0.393. The lowest BCUT2D eigenvalue weighted by molar-refractivity contribution is -0.157. The van der Waals surface area contributed by atoms with Gasteiger partial charge in [0.15, 0.2) is 0 Å². The van der Waals surface area contributed by atoms with E-state index in [1.165, 1.54) is 4.90 Å². The monoisotopic (exact) mass is 284 g/mol. The van der Waals surface area contributed by atoms with Crippen molar-refractivity contribution >= 4 is 12.1 Å². The van der Waals surface area contributed by atoms with Crippen LogP contribution in [0.5, 0.6) is 0 Å². The Morgan fingerprint density at radius 2 is 2.00 bits per heavy atom. The standard InChI is InChI=1S/C14H24N2O4/c1-13(2,3)19-11(17)10-16-9-6-14(20-12(16)18)4-7-15-8-5-14/h15H,4-10H2,1-3H3. The van der Waals surface area contributed by atoms with E-state index in [9.17, 15) is 9.59 Å². The van der Waals surface area contributed by atoms with Gasteiger partial charge in [0.25, 0.3) is 0 Å². The van der Waals surface area contributed by atoms with E-state index in [1.807, 2.05) is 20.8 Å². The van der Waals surface area contributed by atoms with Crippen LogP contribution in [0.25, 0.3) is 0 Å². The van der Waals surface area contributed by atoms with E-state index < -0.39 is 17.7 Å². The summed E-state index contributed by atoms with van der Waals surface area (Å²) in [5, 5.41) is 3.26. The van der Waals surface area contributed by atoms with Gasteiger partial charge in [0, 0.05) is 13.0 Å². The molecule has 0 atom stereocenters. The second-order valence-electron chi connectivity index (χ2n) is 6.56. The number of esters is 1. The van der Waals surface area contributed by atoms with Crippen LogP contribution < -0.4 is 5.32 Å². The molecule has 0 aromatic carbocycles. The Hall–Kier alpha value is -1.30. The number of piperidine rings is 1. The van der Waals surface area contributed by atoms with Crippen molar-refractivity contribution in [1.82, 2.24) is 10.2 Å². The topological polar surface area (TPSA) is 67.9 Å². The summed E-state index contributed by atoms with van der Waals surface area (Å²) >= 11 is 0. The van der Waals surface area contributed by atoms with Crippen molar-refractivity contribution in [3.05, 3.63) is 0 Å². The van der Waals surface area contributed by atoms with Gasteiger partial charge in [0.05, 0.1) is 0 Å². The number of carbonyl (C=O) groups is 2. The number of hydrogen-bond donors (Lipinski definition) is 1. The number of nitrogens with one attached hydrogen (secondary N) is 1. The van der Waals surface area contributed by atoms with E-state index in [0.717, 1.165) is 32.4 Å². The fourth-order valence-electron chi connectivity index (χ4n) is 2.64. The van der Waals surface area contributed by atoms with Crippen LogP contribution in [0.1, 0.15) is 40.0 Å². The molecule has 0 aliphatic carbocycles. The minimum atomic E-state index is -0.535. The minimum absolute atomic E-state index is 0.0373. The molecule has 2 aliphatic heterocycles. The maximum Gasteiger partial charge on any atom is 0.410 e. The molecule has 114 valence electrons. The highest BCUT2D eigenvalue weighted by atomic mass is 16.6. The summed E-state index contributed by atoms with van der Waals surface area (Å²) in [6.45, 7) is 7.69. The molecule has 1 N–H and O–H groups in total. The van der Waals surface area contributed by atoms with Crippen LogP contribution in [-0.2, 0) is 14.3 Å². The van der Waals surface area contributed by atoms with Gasteiger partial charge in [-0.2, -0.15) is 0 Å². The first kappa shape index (κ1) is 15.1. The molecule has 1 amide bonds. The number of carbonyl (C=O) groups excluding carboxylic acids is 2. The van der Waals surface area contributed by atoms with Crippen molar-refractivity contribution in [1.29, 1.82) is 0 Å². The first-order chi connectivity index (χ1) is 9.30. The van der Waals surface area contributed by atoms with E-state index in [-0.39, 0.29) is 12.1 Å². The van der Waals surface area contributed by atoms with Crippen LogP contribution in [0.15, 0.2) is 0 Å². The molecular formula is C14H24N2O4. The number of hydrogen-bond acceptors (Lipinski definition) is 5. The molecule has 1 spiro atoms. The van der Waals surface area contributed by atoms with Gasteiger partial charge in [0.2, 0.25) is 0 Å². The third kappa shape index (κ3) is 3.85. The lowest BCUT2D eigenvalue weighted by Crippen LogP contribution is -2.54. The van der Waals surface area contributed by atoms with E-state index in [1.54, 1.807) is 0 Å². The Morgan fingerprint density at radius 1 is 1.35 bits per heavy atom. The minimum Gasteiger partial charge on any atom is -0.459 e. The summed E-state index contributed by atoms with van der Waals surface area (Å²) in [4.78, 5) is 25.2. The van der Waals surface area contributed by atoms with Gasteiger partial charge in [0.1, 0.15) is 17.7 Å². The molecule has 2 heterocycles. The van der Waals surface area contributed by atoms with E-state index in [4.69, 9.17) is 9.47 Å². The van der Waals surface area contributed by atoms with E-state index in [0.29, 0.717) is 6.54 Å². The second kappa shape index (κ2) is 5.60. The summed E-state index contributed by atoms with van der Waals surface area (Å²) in [6.07, 6.45) is 2.07. The molecule has 2 fully saturated rings. The Kier molecular flexibility index (Phi) is 4.22. The highest BCUT2D eigenvalue weighted by Crippen LogP contribution is 2.31. The van der Waals surface area contributed by atoms with Crippen LogP contribution in [0.2, 0.25) is 0 Å². The molecule has 0 bridgehead atoms. The third-order valence-electron chi connectivity index (χ3n) is 3.65.